The maximum absolute atomic E-state index is 12.5. The van der Waals surface area contributed by atoms with Crippen LogP contribution in [-0.4, -0.2) is 20.5 Å². The smallest absolute Gasteiger partial charge is 0.276 e. The molecule has 0 saturated carbocycles. The van der Waals surface area contributed by atoms with Crippen molar-refractivity contribution in [2.45, 2.75) is 34.1 Å². The number of carbonyl (C=O) groups excluding carboxylic acids is 1. The maximum atomic E-state index is 12.5. The van der Waals surface area contributed by atoms with E-state index in [1.807, 2.05) is 33.8 Å². The number of nitrogens with one attached hydrogen (secondary N) is 1. The third kappa shape index (κ3) is 2.65. The number of aromatic nitrogens is 3. The average molecular weight is 339 g/mol. The summed E-state index contributed by atoms with van der Waals surface area (Å²) in [5.41, 5.74) is 4.23. The number of amides is 1. The number of fused-ring (bicyclic) bond motifs is 1. The zero-order valence-corrected chi connectivity index (χ0v) is 14.8. The summed E-state index contributed by atoms with van der Waals surface area (Å²) in [6.45, 7) is 7.78. The van der Waals surface area contributed by atoms with E-state index in [1.54, 1.807) is 10.6 Å². The van der Waals surface area contributed by atoms with Gasteiger partial charge in [0.15, 0.2) is 11.3 Å². The van der Waals surface area contributed by atoms with E-state index in [0.717, 1.165) is 28.2 Å². The van der Waals surface area contributed by atoms with Gasteiger partial charge in [-0.3, -0.25) is 4.79 Å². The molecule has 122 valence electrons. The van der Waals surface area contributed by atoms with Crippen molar-refractivity contribution in [3.63, 3.8) is 0 Å². The Morgan fingerprint density at radius 1 is 1.38 bits per heavy atom. The van der Waals surface area contributed by atoms with Crippen molar-refractivity contribution < 1.29 is 4.79 Å². The van der Waals surface area contributed by atoms with E-state index in [9.17, 15) is 10.1 Å². The number of rotatable bonds is 3. The van der Waals surface area contributed by atoms with Crippen molar-refractivity contribution in [2.24, 2.45) is 0 Å². The second-order valence-corrected chi connectivity index (χ2v) is 6.82. The van der Waals surface area contributed by atoms with Gasteiger partial charge in [0.05, 0.1) is 5.56 Å². The molecule has 0 aliphatic heterocycles. The summed E-state index contributed by atoms with van der Waals surface area (Å²) in [4.78, 5) is 18.0. The Morgan fingerprint density at radius 2 is 2.12 bits per heavy atom. The van der Waals surface area contributed by atoms with Crippen LogP contribution >= 0.6 is 11.3 Å². The van der Waals surface area contributed by atoms with E-state index in [1.165, 1.54) is 11.3 Å². The lowest BCUT2D eigenvalue weighted by Crippen LogP contribution is -2.12. The van der Waals surface area contributed by atoms with Gasteiger partial charge in [-0.25, -0.2) is 9.50 Å². The molecule has 3 aromatic rings. The van der Waals surface area contributed by atoms with Crippen LogP contribution in [0.15, 0.2) is 12.1 Å². The predicted octanol–water partition coefficient (Wildman–Crippen LogP) is 3.40. The van der Waals surface area contributed by atoms with E-state index in [-0.39, 0.29) is 11.6 Å². The van der Waals surface area contributed by atoms with Gasteiger partial charge in [-0.2, -0.15) is 10.4 Å². The Bertz CT molecular complexity index is 993. The molecular weight excluding hydrogens is 322 g/mol. The Labute approximate surface area is 143 Å². The number of hydrogen-bond acceptors (Lipinski definition) is 5. The molecule has 0 saturated heterocycles. The van der Waals surface area contributed by atoms with Gasteiger partial charge in [0.1, 0.15) is 11.1 Å². The number of hydrogen-bond donors (Lipinski definition) is 1. The van der Waals surface area contributed by atoms with Crippen molar-refractivity contribution in [1.82, 2.24) is 14.6 Å². The van der Waals surface area contributed by atoms with Crippen LogP contribution in [0.2, 0.25) is 0 Å². The normalized spacial score (nSPS) is 10.8. The number of nitriles is 1. The standard InChI is InChI=1S/C17H17N5OS/c1-5-12-11(4)24-17(13(12)8-18)20-16(23)14-7-15-19-9(2)6-10(3)22(15)21-14/h6-7H,5H2,1-4H3,(H,20,23). The number of anilines is 1. The van der Waals surface area contributed by atoms with Crippen LogP contribution in [-0.2, 0) is 6.42 Å². The molecule has 6 nitrogen and oxygen atoms in total. The van der Waals surface area contributed by atoms with Crippen molar-refractivity contribution >= 4 is 27.9 Å². The molecule has 0 bridgehead atoms. The second-order valence-electron chi connectivity index (χ2n) is 5.60. The topological polar surface area (TPSA) is 83.1 Å². The lowest BCUT2D eigenvalue weighted by atomic mass is 10.1. The molecule has 3 aromatic heterocycles. The highest BCUT2D eigenvalue weighted by Crippen LogP contribution is 2.33. The molecule has 3 heterocycles. The molecule has 0 unspecified atom stereocenters. The van der Waals surface area contributed by atoms with Gasteiger partial charge in [-0.05, 0) is 38.8 Å². The molecule has 3 rings (SSSR count). The Morgan fingerprint density at radius 3 is 2.79 bits per heavy atom. The number of carbonyl (C=O) groups is 1. The minimum atomic E-state index is -0.335. The van der Waals surface area contributed by atoms with Gasteiger partial charge in [-0.1, -0.05) is 6.92 Å². The molecule has 0 radical (unpaired) electrons. The minimum absolute atomic E-state index is 0.282. The molecule has 24 heavy (non-hydrogen) atoms. The Balaban J connectivity index is 1.97. The highest BCUT2D eigenvalue weighted by molar-refractivity contribution is 7.16. The zero-order valence-electron chi connectivity index (χ0n) is 14.0. The summed E-state index contributed by atoms with van der Waals surface area (Å²) < 4.78 is 1.64. The first-order valence-electron chi connectivity index (χ1n) is 7.62. The quantitative estimate of drug-likeness (QED) is 0.793. The number of aryl methyl sites for hydroxylation is 3. The molecule has 7 heteroatoms. The summed E-state index contributed by atoms with van der Waals surface area (Å²) in [7, 11) is 0. The maximum Gasteiger partial charge on any atom is 0.276 e. The van der Waals surface area contributed by atoms with Crippen LogP contribution in [0, 0.1) is 32.1 Å². The van der Waals surface area contributed by atoms with Gasteiger partial charge >= 0.3 is 0 Å². The average Bonchev–Trinajstić information content (AvgIpc) is 3.07. The van der Waals surface area contributed by atoms with E-state index < -0.39 is 0 Å². The van der Waals surface area contributed by atoms with Gasteiger partial charge in [0.2, 0.25) is 0 Å². The molecule has 0 aliphatic carbocycles. The van der Waals surface area contributed by atoms with Gasteiger partial charge in [0.25, 0.3) is 5.91 Å². The lowest BCUT2D eigenvalue weighted by molar-refractivity contribution is 0.102. The number of thiophene rings is 1. The van der Waals surface area contributed by atoms with E-state index >= 15 is 0 Å². The van der Waals surface area contributed by atoms with Crippen LogP contribution in [0.1, 0.15) is 44.8 Å². The molecule has 0 aromatic carbocycles. The predicted molar refractivity (Wildman–Crippen MR) is 93.6 cm³/mol. The first-order chi connectivity index (χ1) is 11.4. The lowest BCUT2D eigenvalue weighted by Gasteiger charge is -2.01. The van der Waals surface area contributed by atoms with Crippen molar-refractivity contribution in [3.8, 4) is 6.07 Å². The fraction of sp³-hybridized carbons (Fsp3) is 0.294. The van der Waals surface area contributed by atoms with Crippen LogP contribution in [0.4, 0.5) is 5.00 Å². The van der Waals surface area contributed by atoms with Crippen molar-refractivity contribution in [1.29, 1.82) is 5.26 Å². The monoisotopic (exact) mass is 339 g/mol. The largest absolute Gasteiger partial charge is 0.311 e. The summed E-state index contributed by atoms with van der Waals surface area (Å²) in [5.74, 6) is -0.335. The van der Waals surface area contributed by atoms with Gasteiger partial charge in [0, 0.05) is 22.3 Å². The second kappa shape index (κ2) is 6.06. The SMILES string of the molecule is CCc1c(C)sc(NC(=O)c2cc3nc(C)cc(C)n3n2)c1C#N. The van der Waals surface area contributed by atoms with Crippen LogP contribution < -0.4 is 5.32 Å². The zero-order chi connectivity index (χ0) is 17.4. The highest BCUT2D eigenvalue weighted by atomic mass is 32.1. The molecule has 0 fully saturated rings. The van der Waals surface area contributed by atoms with Gasteiger partial charge < -0.3 is 5.32 Å². The van der Waals surface area contributed by atoms with E-state index in [4.69, 9.17) is 0 Å². The third-order valence-corrected chi connectivity index (χ3v) is 4.93. The van der Waals surface area contributed by atoms with Crippen molar-refractivity contribution in [3.05, 3.63) is 45.2 Å². The highest BCUT2D eigenvalue weighted by Gasteiger charge is 2.19. The molecule has 0 spiro atoms. The third-order valence-electron chi connectivity index (χ3n) is 3.87. The summed E-state index contributed by atoms with van der Waals surface area (Å²) in [6.07, 6.45) is 0.762. The van der Waals surface area contributed by atoms with Crippen LogP contribution in [0.5, 0.6) is 0 Å². The summed E-state index contributed by atoms with van der Waals surface area (Å²) in [5, 5.41) is 17.1. The van der Waals surface area contributed by atoms with Gasteiger partial charge in [-0.15, -0.1) is 11.3 Å². The van der Waals surface area contributed by atoms with Crippen LogP contribution in [0.25, 0.3) is 5.65 Å². The first kappa shape index (κ1) is 16.1. The fourth-order valence-corrected chi connectivity index (χ4v) is 3.87. The Kier molecular flexibility index (Phi) is 4.08. The molecule has 1 amide bonds. The van der Waals surface area contributed by atoms with Crippen LogP contribution in [0.3, 0.4) is 0 Å². The molecule has 1 N–H and O–H groups in total. The summed E-state index contributed by atoms with van der Waals surface area (Å²) in [6, 6.07) is 5.76. The number of nitrogens with zero attached hydrogens (tertiary/aromatic N) is 4. The van der Waals surface area contributed by atoms with E-state index in [2.05, 4.69) is 21.5 Å². The van der Waals surface area contributed by atoms with E-state index in [0.29, 0.717) is 16.2 Å². The first-order valence-corrected chi connectivity index (χ1v) is 8.44. The Hall–Kier alpha value is -2.72. The summed E-state index contributed by atoms with van der Waals surface area (Å²) >= 11 is 1.42. The molecule has 0 aliphatic rings. The fourth-order valence-electron chi connectivity index (χ4n) is 2.78. The molecule has 0 atom stereocenters. The molecular formula is C17H17N5OS. The minimum Gasteiger partial charge on any atom is -0.311 e. The van der Waals surface area contributed by atoms with Crippen molar-refractivity contribution in [2.75, 3.05) is 5.32 Å².